The summed E-state index contributed by atoms with van der Waals surface area (Å²) in [6.45, 7) is 1.59. The van der Waals surface area contributed by atoms with Crippen molar-refractivity contribution < 1.29 is 57.3 Å². The summed E-state index contributed by atoms with van der Waals surface area (Å²) in [4.78, 5) is 110. The topological polar surface area (TPSA) is 366 Å². The molecular weight excluding hydrogens is 1040 g/mol. The van der Waals surface area contributed by atoms with Gasteiger partial charge >= 0.3 is 0 Å². The van der Waals surface area contributed by atoms with Gasteiger partial charge in [0.25, 0.3) is 17.7 Å². The molecule has 0 radical (unpaired) electrons. The minimum Gasteiger partial charge on any atom is -0.496 e. The zero-order chi connectivity index (χ0) is 59.4. The van der Waals surface area contributed by atoms with E-state index in [4.69, 9.17) is 53.3 Å². The second-order valence-electron chi connectivity index (χ2n) is 19.9. The Bertz CT molecular complexity index is 2790. The first-order valence-electron chi connectivity index (χ1n) is 27.5. The molecule has 81 heavy (non-hydrogen) atoms. The second-order valence-corrected chi connectivity index (χ2v) is 19.9. The van der Waals surface area contributed by atoms with Crippen LogP contribution >= 0.6 is 0 Å². The Morgan fingerprint density at radius 3 is 0.914 bits per heavy atom. The zero-order valence-corrected chi connectivity index (χ0v) is 47.2. The van der Waals surface area contributed by atoms with Crippen LogP contribution in [0.2, 0.25) is 0 Å². The summed E-state index contributed by atoms with van der Waals surface area (Å²) in [6, 6.07) is 14.7. The molecule has 0 unspecified atom stereocenters. The molecule has 15 N–H and O–H groups in total. The Labute approximate surface area is 474 Å². The van der Waals surface area contributed by atoms with Crippen LogP contribution in [0.5, 0.6) is 23.0 Å². The predicted octanol–water partition coefficient (Wildman–Crippen LogP) is 3.51. The van der Waals surface area contributed by atoms with Crippen LogP contribution in [0.25, 0.3) is 0 Å². The van der Waals surface area contributed by atoms with E-state index >= 15 is 0 Å². The molecule has 0 aliphatic carbocycles. The van der Waals surface area contributed by atoms with Crippen molar-refractivity contribution in [1.82, 2.24) is 16.0 Å². The fourth-order valence-electron chi connectivity index (χ4n) is 9.31. The Morgan fingerprint density at radius 1 is 0.383 bits per heavy atom. The number of methoxy groups -OCH3 is 4. The van der Waals surface area contributed by atoms with Crippen molar-refractivity contribution in [3.63, 3.8) is 0 Å². The molecule has 21 nitrogen and oxygen atoms in total. The highest BCUT2D eigenvalue weighted by Crippen LogP contribution is 2.27. The van der Waals surface area contributed by atoms with E-state index in [0.29, 0.717) is 123 Å². The smallest absolute Gasteiger partial charge is 0.251 e. The third-order valence-electron chi connectivity index (χ3n) is 14.0. The molecule has 4 atom stereocenters. The summed E-state index contributed by atoms with van der Waals surface area (Å²) in [7, 11) is 5.75. The number of amides is 4. The van der Waals surface area contributed by atoms with E-state index in [1.807, 2.05) is 0 Å². The molecule has 4 amide bonds. The second kappa shape index (κ2) is 34.6. The molecule has 0 saturated carbocycles. The highest BCUT2D eigenvalue weighted by Gasteiger charge is 2.28. The van der Waals surface area contributed by atoms with Crippen LogP contribution < -0.4 is 69.3 Å². The van der Waals surface area contributed by atoms with Crippen LogP contribution in [0.15, 0.2) is 72.8 Å². The van der Waals surface area contributed by atoms with Gasteiger partial charge in [0.2, 0.25) is 5.91 Å². The van der Waals surface area contributed by atoms with Crippen molar-refractivity contribution in [3.05, 3.63) is 117 Å². The van der Waals surface area contributed by atoms with E-state index in [-0.39, 0.29) is 84.5 Å². The number of primary amides is 1. The fraction of sp³-hybridized carbons (Fsp3) is 0.467. The van der Waals surface area contributed by atoms with Gasteiger partial charge in [-0.3, -0.25) is 38.4 Å². The monoisotopic (exact) mass is 1120 g/mol. The van der Waals surface area contributed by atoms with E-state index in [2.05, 4.69) is 16.0 Å². The Kier molecular flexibility index (Phi) is 28.1. The Hall–Kier alpha value is -7.56. The minimum absolute atomic E-state index is 0.0665. The van der Waals surface area contributed by atoms with Gasteiger partial charge in [-0.2, -0.15) is 0 Å². The Morgan fingerprint density at radius 2 is 0.642 bits per heavy atom. The first-order chi connectivity index (χ1) is 38.9. The first-order valence-corrected chi connectivity index (χ1v) is 27.5. The van der Waals surface area contributed by atoms with Crippen molar-refractivity contribution in [1.29, 1.82) is 0 Å². The van der Waals surface area contributed by atoms with Crippen molar-refractivity contribution in [2.45, 2.75) is 127 Å². The van der Waals surface area contributed by atoms with Gasteiger partial charge in [-0.1, -0.05) is 6.42 Å². The van der Waals surface area contributed by atoms with Crippen molar-refractivity contribution >= 4 is 46.8 Å². The third-order valence-corrected chi connectivity index (χ3v) is 14.0. The van der Waals surface area contributed by atoms with E-state index in [0.717, 1.165) is 6.42 Å². The van der Waals surface area contributed by atoms with Crippen LogP contribution in [0.3, 0.4) is 0 Å². The maximum atomic E-state index is 14.4. The average molecular weight is 1120 g/mol. The zero-order valence-electron chi connectivity index (χ0n) is 47.2. The summed E-state index contributed by atoms with van der Waals surface area (Å²) in [5, 5.41) is 8.61. The number of rotatable bonds is 39. The summed E-state index contributed by atoms with van der Waals surface area (Å²) < 4.78 is 22.2. The number of nitrogens with two attached hydrogens (primary N) is 6. The number of hydrogen-bond donors (Lipinski definition) is 9. The largest absolute Gasteiger partial charge is 0.496 e. The molecule has 21 heteroatoms. The number of hydrogen-bond acceptors (Lipinski definition) is 17. The van der Waals surface area contributed by atoms with E-state index in [9.17, 15) is 38.4 Å². The van der Waals surface area contributed by atoms with Gasteiger partial charge < -0.3 is 69.3 Å². The van der Waals surface area contributed by atoms with E-state index in [1.165, 1.54) is 64.8 Å². The summed E-state index contributed by atoms with van der Waals surface area (Å²) in [5.41, 5.74) is 36.9. The van der Waals surface area contributed by atoms with Gasteiger partial charge in [-0.05, 0) is 170 Å². The molecule has 0 saturated heterocycles. The van der Waals surface area contributed by atoms with Gasteiger partial charge in [0.1, 0.15) is 23.0 Å². The molecular formula is C60H83N9O12. The van der Waals surface area contributed by atoms with Gasteiger partial charge in [0.15, 0.2) is 23.1 Å². The van der Waals surface area contributed by atoms with Gasteiger partial charge in [0.05, 0.1) is 52.6 Å². The lowest BCUT2D eigenvalue weighted by atomic mass is 9.95. The fourth-order valence-corrected chi connectivity index (χ4v) is 9.31. The lowest BCUT2D eigenvalue weighted by molar-refractivity contribution is -0.121. The molecule has 0 heterocycles. The highest BCUT2D eigenvalue weighted by molar-refractivity contribution is 6.02. The van der Waals surface area contributed by atoms with Gasteiger partial charge in [-0.25, -0.2) is 0 Å². The molecule has 4 aromatic carbocycles. The predicted molar refractivity (Wildman–Crippen MR) is 309 cm³/mol. The maximum Gasteiger partial charge on any atom is 0.251 e. The summed E-state index contributed by atoms with van der Waals surface area (Å²) >= 11 is 0. The number of Topliss-reactive ketones (excluding diaryl/α,β-unsaturated/α-hetero) is 4. The van der Waals surface area contributed by atoms with Crippen molar-refractivity contribution in [3.8, 4) is 23.0 Å². The lowest BCUT2D eigenvalue weighted by Crippen LogP contribution is -2.42. The molecule has 0 bridgehead atoms. The summed E-state index contributed by atoms with van der Waals surface area (Å²) in [5.74, 6) is -2.36. The minimum atomic E-state index is -1.02. The van der Waals surface area contributed by atoms with Crippen LogP contribution in [0, 0.1) is 0 Å². The number of carbonyl (C=O) groups is 8. The molecule has 0 fully saturated rings. The van der Waals surface area contributed by atoms with Crippen molar-refractivity contribution in [2.75, 3.05) is 54.6 Å². The number of nitrogens with one attached hydrogen (secondary N) is 3. The number of carbonyl (C=O) groups excluding carboxylic acids is 8. The van der Waals surface area contributed by atoms with E-state index < -0.39 is 53.6 Å². The molecule has 4 rings (SSSR count). The SMILES string of the molecule is COc1ccc(C(=O)N[C@H](CCCCN)C(=O)Cc2cc(C(=O)N[C@H](CCCCN)C(=O)Cc3cc(C(=O)N[C@H](CCCCN)C(=O)Cc4cc(C(N)=O)ccc4OC)ccc3OC)ccc2OC)cc1CC(=O)[C@H](N)CCCCN. The average Bonchev–Trinajstić information content (AvgIpc) is 3.47. The normalized spacial score (nSPS) is 12.5. The molecule has 440 valence electrons. The summed E-state index contributed by atoms with van der Waals surface area (Å²) in [6.07, 6.45) is 5.23. The lowest BCUT2D eigenvalue weighted by Gasteiger charge is -2.21. The Balaban J connectivity index is 1.55. The molecule has 0 aromatic heterocycles. The number of benzene rings is 4. The van der Waals surface area contributed by atoms with Crippen LogP contribution in [-0.4, -0.2) is 126 Å². The molecule has 0 spiro atoms. The van der Waals surface area contributed by atoms with E-state index in [1.54, 1.807) is 36.4 Å². The van der Waals surface area contributed by atoms with Gasteiger partial charge in [-0.15, -0.1) is 0 Å². The third kappa shape index (κ3) is 20.5. The number of ether oxygens (including phenoxy) is 4. The quantitative estimate of drug-likeness (QED) is 0.0289. The molecule has 0 aliphatic rings. The van der Waals surface area contributed by atoms with Gasteiger partial charge in [0, 0.05) is 70.2 Å². The van der Waals surface area contributed by atoms with Crippen LogP contribution in [0.4, 0.5) is 0 Å². The van der Waals surface area contributed by atoms with Crippen LogP contribution in [-0.2, 0) is 44.9 Å². The van der Waals surface area contributed by atoms with Crippen molar-refractivity contribution in [2.24, 2.45) is 34.4 Å². The number of unbranched alkanes of at least 4 members (excludes halogenated alkanes) is 4. The molecule has 4 aromatic rings. The first kappa shape index (κ1) is 66.0. The highest BCUT2D eigenvalue weighted by atomic mass is 16.5. The van der Waals surface area contributed by atoms with Crippen LogP contribution in [0.1, 0.15) is 141 Å². The maximum absolute atomic E-state index is 14.4. The standard InChI is InChI=1S/C60H83N9O12/c1-78-53-21-17-37(57(66)74)29-41(53)34-50(71)46(14-6-10-26-62)67-59(76)39-19-23-55(80-3)43(31-39)36-52(73)48(16-8-12-28-64)69-60(77)40-20-24-56(81-4)44(32-40)35-51(72)47(15-7-11-27-63)68-58(75)38-18-22-54(79-2)42(30-38)33-49(70)45(65)13-5-9-25-61/h17-24,29-32,45-48H,5-16,25-28,33-36,61-65H2,1-4H3,(H2,66,74)(H,67,76)(H,68,75)(H,69,77)/t45-,46-,47-,48-/m1/s1. The molecule has 0 aliphatic heterocycles. The number of ketones is 4.